The summed E-state index contributed by atoms with van der Waals surface area (Å²) in [5, 5.41) is -0.257. The van der Waals surface area contributed by atoms with E-state index in [1.165, 1.54) is 0 Å². The fraction of sp³-hybridized carbons (Fsp3) is 0.333. The van der Waals surface area contributed by atoms with E-state index in [0.717, 1.165) is 13.2 Å². The van der Waals surface area contributed by atoms with Gasteiger partial charge in [0, 0.05) is 10.6 Å². The number of hydrogen-bond donors (Lipinski definition) is 0. The predicted molar refractivity (Wildman–Crippen MR) is 63.1 cm³/mol. The van der Waals surface area contributed by atoms with E-state index in [1.54, 1.807) is 0 Å². The molecule has 0 fully saturated rings. The Balaban J connectivity index is 3.48. The van der Waals surface area contributed by atoms with Crippen LogP contribution in [0.15, 0.2) is 18.2 Å². The lowest BCUT2D eigenvalue weighted by Crippen LogP contribution is -2.56. The zero-order valence-electron chi connectivity index (χ0n) is 11.0. The van der Waals surface area contributed by atoms with Crippen LogP contribution >= 0.6 is 11.6 Å². The molecule has 0 aliphatic carbocycles. The third-order valence-electron chi connectivity index (χ3n) is 2.67. The van der Waals surface area contributed by atoms with E-state index < -0.39 is 40.9 Å². The molecular formula is C12H6ClF7O3. The monoisotopic (exact) mass is 366 g/mol. The number of ether oxygens (including phenoxy) is 1. The molecule has 1 aromatic rings. The molecule has 0 amide bonds. The van der Waals surface area contributed by atoms with Gasteiger partial charge in [-0.15, -0.1) is 0 Å². The second kappa shape index (κ2) is 5.99. The van der Waals surface area contributed by atoms with Gasteiger partial charge in [0.1, 0.15) is 0 Å². The quantitative estimate of drug-likeness (QED) is 0.457. The molecule has 23 heavy (non-hydrogen) atoms. The van der Waals surface area contributed by atoms with Crippen molar-refractivity contribution in [3.63, 3.8) is 0 Å². The largest absolute Gasteiger partial charge is 0.465 e. The summed E-state index contributed by atoms with van der Waals surface area (Å²) in [6, 6.07) is 1.82. The van der Waals surface area contributed by atoms with Gasteiger partial charge < -0.3 is 4.74 Å². The molecule has 0 aromatic heterocycles. The van der Waals surface area contributed by atoms with Crippen molar-refractivity contribution in [3.8, 4) is 0 Å². The number of ketones is 1. The van der Waals surface area contributed by atoms with Gasteiger partial charge in [-0.25, -0.2) is 4.79 Å². The fourth-order valence-corrected chi connectivity index (χ4v) is 1.66. The third-order valence-corrected chi connectivity index (χ3v) is 2.90. The predicted octanol–water partition coefficient (Wildman–Crippen LogP) is 4.14. The van der Waals surface area contributed by atoms with E-state index in [9.17, 15) is 40.3 Å². The Hall–Kier alpha value is -1.84. The molecule has 0 aliphatic rings. The minimum atomic E-state index is -6.68. The Morgan fingerprint density at radius 2 is 1.52 bits per heavy atom. The number of esters is 1. The molecule has 0 unspecified atom stereocenters. The van der Waals surface area contributed by atoms with Crippen molar-refractivity contribution in [2.45, 2.75) is 18.0 Å². The number of hydrogen-bond acceptors (Lipinski definition) is 3. The highest BCUT2D eigenvalue weighted by Crippen LogP contribution is 2.48. The molecule has 0 bridgehead atoms. The van der Waals surface area contributed by atoms with E-state index in [2.05, 4.69) is 4.74 Å². The molecule has 0 heterocycles. The molecule has 3 nitrogen and oxygen atoms in total. The number of Topliss-reactive ketones (excluding diaryl/α,β-unsaturated/α-hetero) is 1. The molecule has 0 saturated heterocycles. The van der Waals surface area contributed by atoms with E-state index >= 15 is 0 Å². The zero-order chi connectivity index (χ0) is 18.2. The SMILES string of the molecule is COC(=O)c1cc(Cl)ccc1C(=O)C(F)(F)C(F)(F)C(F)(F)F. The van der Waals surface area contributed by atoms with Gasteiger partial charge in [0.15, 0.2) is 0 Å². The first-order chi connectivity index (χ1) is 10.3. The summed E-state index contributed by atoms with van der Waals surface area (Å²) < 4.78 is 93.1. The Bertz CT molecular complexity index is 640. The minimum absolute atomic E-state index is 0.257. The van der Waals surface area contributed by atoms with Gasteiger partial charge in [-0.2, -0.15) is 30.7 Å². The Morgan fingerprint density at radius 3 is 1.96 bits per heavy atom. The first-order valence-corrected chi connectivity index (χ1v) is 5.90. The molecule has 1 rings (SSSR count). The van der Waals surface area contributed by atoms with E-state index in [-0.39, 0.29) is 5.02 Å². The van der Waals surface area contributed by atoms with Gasteiger partial charge >= 0.3 is 24.0 Å². The molecular weight excluding hydrogens is 361 g/mol. The maximum absolute atomic E-state index is 13.4. The van der Waals surface area contributed by atoms with Crippen LogP contribution in [0.4, 0.5) is 30.7 Å². The lowest BCUT2D eigenvalue weighted by molar-refractivity contribution is -0.339. The first-order valence-electron chi connectivity index (χ1n) is 5.52. The molecule has 0 N–H and O–H groups in total. The summed E-state index contributed by atoms with van der Waals surface area (Å²) >= 11 is 5.46. The van der Waals surface area contributed by atoms with Crippen LogP contribution in [-0.2, 0) is 4.74 Å². The maximum Gasteiger partial charge on any atom is 0.460 e. The van der Waals surface area contributed by atoms with Gasteiger partial charge in [0.25, 0.3) is 0 Å². The molecule has 0 spiro atoms. The number of alkyl halides is 7. The third kappa shape index (κ3) is 3.26. The number of rotatable bonds is 4. The molecule has 11 heteroatoms. The highest BCUT2D eigenvalue weighted by Gasteiger charge is 2.76. The average molecular weight is 367 g/mol. The van der Waals surface area contributed by atoms with Crippen LogP contribution in [0.2, 0.25) is 5.02 Å². The van der Waals surface area contributed by atoms with Gasteiger partial charge in [-0.05, 0) is 18.2 Å². The van der Waals surface area contributed by atoms with E-state index in [1.807, 2.05) is 0 Å². The van der Waals surface area contributed by atoms with Crippen LogP contribution < -0.4 is 0 Å². The number of halogens is 8. The van der Waals surface area contributed by atoms with Crippen molar-refractivity contribution in [2.24, 2.45) is 0 Å². The molecule has 0 aliphatic heterocycles. The van der Waals surface area contributed by atoms with Gasteiger partial charge in [-0.1, -0.05) is 11.6 Å². The maximum atomic E-state index is 13.4. The summed E-state index contributed by atoms with van der Waals surface area (Å²) in [6.07, 6.45) is -6.68. The van der Waals surface area contributed by atoms with Crippen LogP contribution in [-0.4, -0.2) is 36.9 Å². The van der Waals surface area contributed by atoms with Gasteiger partial charge in [0.05, 0.1) is 12.7 Å². The molecule has 0 radical (unpaired) electrons. The molecule has 0 atom stereocenters. The highest BCUT2D eigenvalue weighted by molar-refractivity contribution is 6.31. The molecule has 0 saturated carbocycles. The molecule has 1 aromatic carbocycles. The average Bonchev–Trinajstić information content (AvgIpc) is 2.44. The smallest absolute Gasteiger partial charge is 0.460 e. The fourth-order valence-electron chi connectivity index (χ4n) is 1.48. The summed E-state index contributed by atoms with van der Waals surface area (Å²) in [5.41, 5.74) is -2.35. The van der Waals surface area contributed by atoms with Crippen LogP contribution in [0.3, 0.4) is 0 Å². The minimum Gasteiger partial charge on any atom is -0.465 e. The van der Waals surface area contributed by atoms with Crippen molar-refractivity contribution in [1.82, 2.24) is 0 Å². The zero-order valence-corrected chi connectivity index (χ0v) is 11.7. The van der Waals surface area contributed by atoms with Crippen LogP contribution in [0.5, 0.6) is 0 Å². The van der Waals surface area contributed by atoms with E-state index in [4.69, 9.17) is 11.6 Å². The summed E-state index contributed by atoms with van der Waals surface area (Å²) in [6.45, 7) is 0. The Kier molecular flexibility index (Phi) is 5.00. The van der Waals surface area contributed by atoms with Crippen molar-refractivity contribution >= 4 is 23.4 Å². The van der Waals surface area contributed by atoms with Crippen molar-refractivity contribution in [3.05, 3.63) is 34.3 Å². The highest BCUT2D eigenvalue weighted by atomic mass is 35.5. The number of methoxy groups -OCH3 is 1. The number of benzene rings is 1. The van der Waals surface area contributed by atoms with Crippen LogP contribution in [0, 0.1) is 0 Å². The number of carbonyl (C=O) groups excluding carboxylic acids is 2. The van der Waals surface area contributed by atoms with Gasteiger partial charge in [0.2, 0.25) is 5.78 Å². The summed E-state index contributed by atoms with van der Waals surface area (Å²) in [5.74, 6) is -17.1. The van der Waals surface area contributed by atoms with Crippen LogP contribution in [0.1, 0.15) is 20.7 Å². The second-order valence-corrected chi connectivity index (χ2v) is 4.59. The summed E-state index contributed by atoms with van der Waals surface area (Å²) in [7, 11) is 0.778. The van der Waals surface area contributed by atoms with Crippen molar-refractivity contribution < 1.29 is 45.1 Å². The topological polar surface area (TPSA) is 43.4 Å². The van der Waals surface area contributed by atoms with Crippen LogP contribution in [0.25, 0.3) is 0 Å². The summed E-state index contributed by atoms with van der Waals surface area (Å²) in [4.78, 5) is 22.9. The Morgan fingerprint density at radius 1 is 1.00 bits per heavy atom. The first kappa shape index (κ1) is 19.2. The van der Waals surface area contributed by atoms with Crippen molar-refractivity contribution in [2.75, 3.05) is 7.11 Å². The standard InChI is InChI=1S/C12H6ClF7O3/c1-23-9(22)7-4-5(13)2-3-6(7)8(21)10(14,15)11(16,17)12(18,19)20/h2-4H,1H3. The number of carbonyl (C=O) groups is 2. The lowest BCUT2D eigenvalue weighted by Gasteiger charge is -2.27. The lowest BCUT2D eigenvalue weighted by atomic mass is 9.96. The van der Waals surface area contributed by atoms with Crippen molar-refractivity contribution in [1.29, 1.82) is 0 Å². The normalized spacial score (nSPS) is 12.9. The Labute approximate surface area is 129 Å². The molecule has 128 valence electrons. The second-order valence-electron chi connectivity index (χ2n) is 4.16. The van der Waals surface area contributed by atoms with Gasteiger partial charge in [-0.3, -0.25) is 4.79 Å². The van der Waals surface area contributed by atoms with E-state index in [0.29, 0.717) is 12.1 Å².